The summed E-state index contributed by atoms with van der Waals surface area (Å²) in [6.07, 6.45) is 4.62. The summed E-state index contributed by atoms with van der Waals surface area (Å²) in [7, 11) is 0. The Morgan fingerprint density at radius 3 is 2.63 bits per heavy atom. The van der Waals surface area contributed by atoms with E-state index in [-0.39, 0.29) is 29.8 Å². The first-order valence-corrected chi connectivity index (χ1v) is 12.1. The van der Waals surface area contributed by atoms with Gasteiger partial charge in [-0.3, -0.25) is 9.59 Å². The van der Waals surface area contributed by atoms with Crippen LogP contribution < -0.4 is 5.32 Å². The van der Waals surface area contributed by atoms with E-state index in [2.05, 4.69) is 32.2 Å². The monoisotopic (exact) mass is 424 g/mol. The fraction of sp³-hybridized carbons (Fsp3) is 0.520. The van der Waals surface area contributed by atoms with Gasteiger partial charge < -0.3 is 10.2 Å². The molecule has 4 nitrogen and oxygen atoms in total. The summed E-state index contributed by atoms with van der Waals surface area (Å²) in [5, 5.41) is 5.42. The van der Waals surface area contributed by atoms with Crippen LogP contribution in [0, 0.1) is 11.8 Å². The van der Waals surface area contributed by atoms with E-state index in [1.807, 2.05) is 40.6 Å². The van der Waals surface area contributed by atoms with Crippen molar-refractivity contribution in [2.24, 2.45) is 11.8 Å². The van der Waals surface area contributed by atoms with Crippen LogP contribution in [-0.4, -0.2) is 29.3 Å². The number of benzene rings is 1. The SMILES string of the molecule is CC(C)CN1C(=O)c2ccccc2C(C(=O)NC2CCCCC2C)C1c1cccs1. The molecule has 160 valence electrons. The molecule has 5 heteroatoms. The predicted octanol–water partition coefficient (Wildman–Crippen LogP) is 5.38. The van der Waals surface area contributed by atoms with Crippen molar-refractivity contribution in [3.05, 3.63) is 57.8 Å². The molecule has 2 aliphatic rings. The van der Waals surface area contributed by atoms with E-state index in [0.717, 1.165) is 16.9 Å². The van der Waals surface area contributed by atoms with Crippen molar-refractivity contribution in [3.8, 4) is 0 Å². The maximum absolute atomic E-state index is 13.8. The first kappa shape index (κ1) is 21.1. The zero-order valence-electron chi connectivity index (χ0n) is 18.1. The summed E-state index contributed by atoms with van der Waals surface area (Å²) in [4.78, 5) is 30.3. The second-order valence-corrected chi connectivity index (χ2v) is 10.2. The molecule has 2 aromatic rings. The van der Waals surface area contributed by atoms with Gasteiger partial charge in [0.05, 0.1) is 12.0 Å². The Labute approximate surface area is 183 Å². The van der Waals surface area contributed by atoms with Gasteiger partial charge in [0, 0.05) is 23.0 Å². The lowest BCUT2D eigenvalue weighted by Gasteiger charge is -2.42. The van der Waals surface area contributed by atoms with Crippen molar-refractivity contribution >= 4 is 23.2 Å². The van der Waals surface area contributed by atoms with E-state index in [9.17, 15) is 9.59 Å². The molecule has 1 N–H and O–H groups in total. The second-order valence-electron chi connectivity index (χ2n) is 9.25. The molecular formula is C25H32N2O2S. The summed E-state index contributed by atoms with van der Waals surface area (Å²) in [6.45, 7) is 7.12. The van der Waals surface area contributed by atoms with E-state index < -0.39 is 0 Å². The van der Waals surface area contributed by atoms with E-state index in [1.54, 1.807) is 11.3 Å². The Kier molecular flexibility index (Phi) is 6.28. The van der Waals surface area contributed by atoms with Crippen molar-refractivity contribution < 1.29 is 9.59 Å². The lowest BCUT2D eigenvalue weighted by atomic mass is 9.80. The van der Waals surface area contributed by atoms with Gasteiger partial charge >= 0.3 is 0 Å². The lowest BCUT2D eigenvalue weighted by Crippen LogP contribution is -2.51. The Morgan fingerprint density at radius 2 is 1.93 bits per heavy atom. The minimum absolute atomic E-state index is 0.0350. The van der Waals surface area contributed by atoms with Gasteiger partial charge in [0.15, 0.2) is 0 Å². The van der Waals surface area contributed by atoms with Crippen molar-refractivity contribution in [1.82, 2.24) is 10.2 Å². The van der Waals surface area contributed by atoms with Gasteiger partial charge in [0.25, 0.3) is 5.91 Å². The Hall–Kier alpha value is -2.14. The molecule has 1 aromatic carbocycles. The predicted molar refractivity (Wildman–Crippen MR) is 122 cm³/mol. The van der Waals surface area contributed by atoms with Crippen LogP contribution in [0.4, 0.5) is 0 Å². The summed E-state index contributed by atoms with van der Waals surface area (Å²) in [5.74, 6) is 0.526. The number of rotatable bonds is 5. The zero-order valence-corrected chi connectivity index (χ0v) is 19.0. The number of carbonyl (C=O) groups excluding carboxylic acids is 2. The van der Waals surface area contributed by atoms with Gasteiger partial charge in [-0.2, -0.15) is 0 Å². The summed E-state index contributed by atoms with van der Waals surface area (Å²) < 4.78 is 0. The molecule has 2 amide bonds. The molecule has 1 fully saturated rings. The average molecular weight is 425 g/mol. The Bertz CT molecular complexity index is 892. The highest BCUT2D eigenvalue weighted by molar-refractivity contribution is 7.10. The topological polar surface area (TPSA) is 49.4 Å². The molecule has 0 bridgehead atoms. The average Bonchev–Trinajstić information content (AvgIpc) is 3.25. The first-order valence-electron chi connectivity index (χ1n) is 11.2. The van der Waals surface area contributed by atoms with Crippen LogP contribution in [0.15, 0.2) is 41.8 Å². The number of amides is 2. The summed E-state index contributed by atoms with van der Waals surface area (Å²) in [5.41, 5.74) is 1.53. The fourth-order valence-corrected chi connectivity index (χ4v) is 5.92. The largest absolute Gasteiger partial charge is 0.352 e. The number of carbonyl (C=O) groups is 2. The number of hydrogen-bond acceptors (Lipinski definition) is 3. The lowest BCUT2D eigenvalue weighted by molar-refractivity contribution is -0.125. The molecular weight excluding hydrogens is 392 g/mol. The Balaban J connectivity index is 1.76. The van der Waals surface area contributed by atoms with Crippen LogP contribution in [0.3, 0.4) is 0 Å². The van der Waals surface area contributed by atoms with Gasteiger partial charge in [-0.1, -0.05) is 57.9 Å². The first-order chi connectivity index (χ1) is 14.5. The molecule has 0 radical (unpaired) electrons. The molecule has 1 aliphatic carbocycles. The Morgan fingerprint density at radius 1 is 1.17 bits per heavy atom. The van der Waals surface area contributed by atoms with E-state index in [0.29, 0.717) is 23.9 Å². The van der Waals surface area contributed by atoms with E-state index >= 15 is 0 Å². The number of hydrogen-bond donors (Lipinski definition) is 1. The maximum atomic E-state index is 13.8. The minimum Gasteiger partial charge on any atom is -0.352 e. The molecule has 0 spiro atoms. The number of nitrogens with one attached hydrogen (secondary N) is 1. The molecule has 1 aliphatic heterocycles. The van der Waals surface area contributed by atoms with Crippen molar-refractivity contribution in [2.45, 2.75) is 64.5 Å². The normalized spacial score (nSPS) is 26.5. The quantitative estimate of drug-likeness (QED) is 0.700. The van der Waals surface area contributed by atoms with Crippen LogP contribution in [0.25, 0.3) is 0 Å². The van der Waals surface area contributed by atoms with Crippen LogP contribution >= 0.6 is 11.3 Å². The van der Waals surface area contributed by atoms with Crippen molar-refractivity contribution in [3.63, 3.8) is 0 Å². The minimum atomic E-state index is -0.384. The molecule has 4 atom stereocenters. The fourth-order valence-electron chi connectivity index (χ4n) is 5.05. The molecule has 30 heavy (non-hydrogen) atoms. The number of thiophene rings is 1. The smallest absolute Gasteiger partial charge is 0.254 e. The van der Waals surface area contributed by atoms with Crippen molar-refractivity contribution in [2.75, 3.05) is 6.54 Å². The summed E-state index contributed by atoms with van der Waals surface area (Å²) >= 11 is 1.63. The van der Waals surface area contributed by atoms with Crippen LogP contribution in [0.2, 0.25) is 0 Å². The van der Waals surface area contributed by atoms with E-state index in [1.165, 1.54) is 19.3 Å². The van der Waals surface area contributed by atoms with Gasteiger partial charge in [-0.25, -0.2) is 0 Å². The highest BCUT2D eigenvalue weighted by Gasteiger charge is 2.45. The van der Waals surface area contributed by atoms with Crippen LogP contribution in [0.1, 0.15) is 79.2 Å². The molecule has 1 saturated carbocycles. The maximum Gasteiger partial charge on any atom is 0.254 e. The molecule has 4 rings (SSSR count). The number of nitrogens with zero attached hydrogens (tertiary/aromatic N) is 1. The standard InChI is InChI=1S/C25H32N2O2S/c1-16(2)15-27-23(21-13-8-14-30-21)22(18-10-5-6-11-19(18)25(27)29)24(28)26-20-12-7-4-9-17(20)3/h5-6,8,10-11,13-14,16-17,20,22-23H,4,7,9,12,15H2,1-3H3,(H,26,28). The molecule has 4 unspecified atom stereocenters. The molecule has 1 aromatic heterocycles. The highest BCUT2D eigenvalue weighted by Crippen LogP contribution is 2.44. The molecule has 0 saturated heterocycles. The number of fused-ring (bicyclic) bond motifs is 1. The third-order valence-electron chi connectivity index (χ3n) is 6.56. The van der Waals surface area contributed by atoms with Gasteiger partial charge in [0.1, 0.15) is 0 Å². The second kappa shape index (κ2) is 8.93. The zero-order chi connectivity index (χ0) is 21.3. The van der Waals surface area contributed by atoms with Gasteiger partial charge in [-0.05, 0) is 47.8 Å². The third kappa shape index (κ3) is 4.04. The van der Waals surface area contributed by atoms with Crippen molar-refractivity contribution in [1.29, 1.82) is 0 Å². The highest BCUT2D eigenvalue weighted by atomic mass is 32.1. The third-order valence-corrected chi connectivity index (χ3v) is 7.50. The van der Waals surface area contributed by atoms with Gasteiger partial charge in [0.2, 0.25) is 5.91 Å². The summed E-state index contributed by atoms with van der Waals surface area (Å²) in [6, 6.07) is 11.7. The molecule has 2 heterocycles. The van der Waals surface area contributed by atoms with Gasteiger partial charge in [-0.15, -0.1) is 11.3 Å². The van der Waals surface area contributed by atoms with Crippen LogP contribution in [-0.2, 0) is 4.79 Å². The van der Waals surface area contributed by atoms with Crippen LogP contribution in [0.5, 0.6) is 0 Å². The van der Waals surface area contributed by atoms with E-state index in [4.69, 9.17) is 0 Å².